The van der Waals surface area contributed by atoms with Crippen molar-refractivity contribution in [1.29, 1.82) is 0 Å². The Morgan fingerprint density at radius 2 is 1.49 bits per heavy atom. The maximum Gasteiger partial charge on any atom is 0.673 e. The van der Waals surface area contributed by atoms with Crippen LogP contribution in [0.25, 0.3) is 0 Å². The molecule has 1 amide bonds. The molecule has 2 N–H and O–H groups in total. The number of aromatic nitrogens is 1. The first-order chi connectivity index (χ1) is 16.6. The van der Waals surface area contributed by atoms with Crippen LogP contribution in [0.1, 0.15) is 23.7 Å². The third-order valence-electron chi connectivity index (χ3n) is 4.95. The minimum atomic E-state index is -6.00. The van der Waals surface area contributed by atoms with Crippen molar-refractivity contribution in [3.8, 4) is 5.75 Å². The minimum absolute atomic E-state index is 0.0275. The molecule has 0 fully saturated rings. The number of pyridine rings is 1. The van der Waals surface area contributed by atoms with Gasteiger partial charge in [-0.15, -0.1) is 0 Å². The quantitative estimate of drug-likeness (QED) is 0.183. The van der Waals surface area contributed by atoms with Crippen molar-refractivity contribution in [3.05, 3.63) is 89.7 Å². The van der Waals surface area contributed by atoms with Crippen LogP contribution in [0, 0.1) is 6.92 Å². The molecule has 0 unspecified atom stereocenters. The number of benzene rings is 2. The second kappa shape index (κ2) is 14.0. The Balaban J connectivity index is 0.000000784. The van der Waals surface area contributed by atoms with E-state index in [1.807, 2.05) is 30.3 Å². The average Bonchev–Trinajstić information content (AvgIpc) is 2.81. The van der Waals surface area contributed by atoms with Crippen LogP contribution in [0.3, 0.4) is 0 Å². The van der Waals surface area contributed by atoms with Gasteiger partial charge in [0, 0.05) is 39.4 Å². The number of rotatable bonds is 10. The Morgan fingerprint density at radius 3 is 2.06 bits per heavy atom. The lowest BCUT2D eigenvalue weighted by molar-refractivity contribution is -0.702. The van der Waals surface area contributed by atoms with E-state index in [-0.39, 0.29) is 5.91 Å². The van der Waals surface area contributed by atoms with Gasteiger partial charge in [-0.1, -0.05) is 60.7 Å². The standard InChI is InChI=1S/C25H29N3O2.BF4/c1-20-25(30-19-23-11-7-4-8-12-23)24(27-16-15-26-21(2)29)14-18-28(20)17-13-22-9-5-3-6-10-22;2-1(3,4)5/h3-12,14,18H,13,15-17,19H2,1-2H3,(H,26,29);/q;-1/p+1. The fourth-order valence-corrected chi connectivity index (χ4v) is 3.30. The molecule has 188 valence electrons. The third-order valence-corrected chi connectivity index (χ3v) is 4.95. The summed E-state index contributed by atoms with van der Waals surface area (Å²) in [6, 6.07) is 22.7. The van der Waals surface area contributed by atoms with Crippen molar-refractivity contribution in [1.82, 2.24) is 5.32 Å². The molecule has 0 aliphatic heterocycles. The van der Waals surface area contributed by atoms with Crippen LogP contribution >= 0.6 is 0 Å². The van der Waals surface area contributed by atoms with Crippen LogP contribution < -0.4 is 19.9 Å². The summed E-state index contributed by atoms with van der Waals surface area (Å²) in [4.78, 5) is 11.1. The monoisotopic (exact) mass is 491 g/mol. The topological polar surface area (TPSA) is 54.2 Å². The Hall–Kier alpha value is -3.56. The molecule has 0 saturated heterocycles. The number of ether oxygens (including phenoxy) is 1. The molecule has 3 rings (SSSR count). The predicted molar refractivity (Wildman–Crippen MR) is 130 cm³/mol. The lowest BCUT2D eigenvalue weighted by Crippen LogP contribution is -2.38. The van der Waals surface area contributed by atoms with Gasteiger partial charge in [0.05, 0.1) is 5.69 Å². The zero-order valence-electron chi connectivity index (χ0n) is 19.8. The number of anilines is 1. The SMILES string of the molecule is CC(=O)NCCNc1cc[n+](CCc2ccccc2)c(C)c1OCc1ccccc1.F[B-](F)(F)F. The van der Waals surface area contributed by atoms with Crippen LogP contribution in [0.5, 0.6) is 5.75 Å². The van der Waals surface area contributed by atoms with E-state index in [1.165, 1.54) is 12.5 Å². The largest absolute Gasteiger partial charge is 0.673 e. The van der Waals surface area contributed by atoms with E-state index in [1.54, 1.807) is 0 Å². The summed E-state index contributed by atoms with van der Waals surface area (Å²) < 4.78 is 47.5. The van der Waals surface area contributed by atoms with Crippen LogP contribution in [0.2, 0.25) is 0 Å². The van der Waals surface area contributed by atoms with Crippen molar-refractivity contribution >= 4 is 18.8 Å². The van der Waals surface area contributed by atoms with Crippen molar-refractivity contribution in [2.45, 2.75) is 33.4 Å². The molecule has 1 heterocycles. The summed E-state index contributed by atoms with van der Waals surface area (Å²) in [7, 11) is -6.00. The molecule has 2 aromatic carbocycles. The van der Waals surface area contributed by atoms with Gasteiger partial charge < -0.3 is 32.6 Å². The fourth-order valence-electron chi connectivity index (χ4n) is 3.30. The summed E-state index contributed by atoms with van der Waals surface area (Å²) in [6.07, 6.45) is 3.05. The van der Waals surface area contributed by atoms with Crippen molar-refractivity contribution in [2.75, 3.05) is 18.4 Å². The molecular weight excluding hydrogens is 461 g/mol. The van der Waals surface area contributed by atoms with Crippen molar-refractivity contribution in [2.24, 2.45) is 0 Å². The Morgan fingerprint density at radius 1 is 0.914 bits per heavy atom. The van der Waals surface area contributed by atoms with Gasteiger partial charge in [0.1, 0.15) is 6.61 Å². The van der Waals surface area contributed by atoms with Gasteiger partial charge in [-0.2, -0.15) is 4.57 Å². The number of aryl methyl sites for hydroxylation is 2. The molecule has 0 atom stereocenters. The van der Waals surface area contributed by atoms with E-state index < -0.39 is 7.25 Å². The number of carbonyl (C=O) groups excluding carboxylic acids is 1. The minimum Gasteiger partial charge on any atom is -0.481 e. The second-order valence-corrected chi connectivity index (χ2v) is 7.75. The molecule has 0 aliphatic rings. The van der Waals surface area contributed by atoms with E-state index in [4.69, 9.17) is 4.74 Å². The Labute approximate surface area is 203 Å². The van der Waals surface area contributed by atoms with Gasteiger partial charge in [0.15, 0.2) is 12.7 Å². The summed E-state index contributed by atoms with van der Waals surface area (Å²) in [6.45, 7) is 6.19. The number of amides is 1. The maximum atomic E-state index is 11.1. The number of nitrogens with one attached hydrogen (secondary N) is 2. The molecule has 10 heteroatoms. The summed E-state index contributed by atoms with van der Waals surface area (Å²) in [5, 5.41) is 6.20. The van der Waals surface area contributed by atoms with Gasteiger partial charge >= 0.3 is 7.25 Å². The van der Waals surface area contributed by atoms with Gasteiger partial charge in [-0.3, -0.25) is 4.79 Å². The highest BCUT2D eigenvalue weighted by molar-refractivity contribution is 6.50. The predicted octanol–water partition coefficient (Wildman–Crippen LogP) is 4.95. The molecule has 3 aromatic rings. The first-order valence-electron chi connectivity index (χ1n) is 11.2. The normalized spacial score (nSPS) is 10.7. The number of hydrogen-bond donors (Lipinski definition) is 2. The summed E-state index contributed by atoms with van der Waals surface area (Å²) >= 11 is 0. The number of hydrogen-bond acceptors (Lipinski definition) is 3. The molecule has 35 heavy (non-hydrogen) atoms. The maximum absolute atomic E-state index is 11.1. The van der Waals surface area contributed by atoms with Crippen molar-refractivity contribution in [3.63, 3.8) is 0 Å². The summed E-state index contributed by atoms with van der Waals surface area (Å²) in [5.74, 6) is 0.817. The highest BCUT2D eigenvalue weighted by atomic mass is 19.5. The zero-order valence-corrected chi connectivity index (χ0v) is 19.8. The van der Waals surface area contributed by atoms with E-state index >= 15 is 0 Å². The van der Waals surface area contributed by atoms with Gasteiger partial charge in [0.25, 0.3) is 0 Å². The smallest absolute Gasteiger partial charge is 0.481 e. The fraction of sp³-hybridized carbons (Fsp3) is 0.280. The highest BCUT2D eigenvalue weighted by Gasteiger charge is 2.20. The van der Waals surface area contributed by atoms with E-state index in [2.05, 4.69) is 64.7 Å². The molecular formula is C25H30BF4N3O2. The number of nitrogens with zero attached hydrogens (tertiary/aromatic N) is 1. The lowest BCUT2D eigenvalue weighted by atomic mass is 10.1. The molecule has 0 saturated carbocycles. The second-order valence-electron chi connectivity index (χ2n) is 7.75. The Bertz CT molecular complexity index is 1050. The molecule has 0 bridgehead atoms. The van der Waals surface area contributed by atoms with Crippen molar-refractivity contribution < 1.29 is 31.4 Å². The Kier molecular flexibility index (Phi) is 11.1. The highest BCUT2D eigenvalue weighted by Crippen LogP contribution is 2.27. The lowest BCUT2D eigenvalue weighted by Gasteiger charge is -2.15. The molecule has 5 nitrogen and oxygen atoms in total. The van der Waals surface area contributed by atoms with Gasteiger partial charge in [0.2, 0.25) is 17.4 Å². The van der Waals surface area contributed by atoms with Crippen LogP contribution in [-0.4, -0.2) is 26.3 Å². The zero-order chi connectivity index (χ0) is 25.7. The first kappa shape index (κ1) is 27.7. The van der Waals surface area contributed by atoms with Gasteiger partial charge in [-0.05, 0) is 11.1 Å². The van der Waals surface area contributed by atoms with E-state index in [0.29, 0.717) is 19.7 Å². The van der Waals surface area contributed by atoms with Crippen LogP contribution in [-0.2, 0) is 24.4 Å². The molecule has 0 spiro atoms. The number of halogens is 4. The molecule has 0 aliphatic carbocycles. The first-order valence-corrected chi connectivity index (χ1v) is 11.2. The average molecular weight is 491 g/mol. The summed E-state index contributed by atoms with van der Waals surface area (Å²) in [5.41, 5.74) is 4.45. The molecule has 1 aromatic heterocycles. The van der Waals surface area contributed by atoms with Crippen LogP contribution in [0.4, 0.5) is 23.0 Å². The van der Waals surface area contributed by atoms with Gasteiger partial charge in [-0.25, -0.2) is 0 Å². The third kappa shape index (κ3) is 11.4. The number of carbonyl (C=O) groups is 1. The van der Waals surface area contributed by atoms with E-state index in [9.17, 15) is 22.1 Å². The van der Waals surface area contributed by atoms with Crippen LogP contribution in [0.15, 0.2) is 72.9 Å². The van der Waals surface area contributed by atoms with E-state index in [0.717, 1.165) is 35.7 Å². The molecule has 0 radical (unpaired) electrons.